The van der Waals surface area contributed by atoms with Gasteiger partial charge in [-0.15, -0.1) is 0 Å². The van der Waals surface area contributed by atoms with Gasteiger partial charge in [-0.25, -0.2) is 13.9 Å². The van der Waals surface area contributed by atoms with Gasteiger partial charge in [-0.1, -0.05) is 18.5 Å². The first-order valence-electron chi connectivity index (χ1n) is 5.74. The molecule has 1 N–H and O–H groups in total. The summed E-state index contributed by atoms with van der Waals surface area (Å²) in [5.74, 6) is -3.27. The third-order valence-electron chi connectivity index (χ3n) is 4.31. The Morgan fingerprint density at radius 2 is 2.33 bits per heavy atom. The lowest BCUT2D eigenvalue weighted by molar-refractivity contribution is 0.0636. The van der Waals surface area contributed by atoms with Crippen molar-refractivity contribution in [1.29, 1.82) is 0 Å². The fourth-order valence-electron chi connectivity index (χ4n) is 2.82. The summed E-state index contributed by atoms with van der Waals surface area (Å²) in [5, 5.41) is 5.89. The molecule has 2 heterocycles. The van der Waals surface area contributed by atoms with Crippen LogP contribution in [0.1, 0.15) is 13.3 Å². The number of nitrogens with one attached hydrogen (secondary N) is 1. The number of H-pyrrole nitrogens is 1. The summed E-state index contributed by atoms with van der Waals surface area (Å²) in [7, 11) is 0. The first-order valence-corrected chi connectivity index (χ1v) is 6.11. The van der Waals surface area contributed by atoms with Gasteiger partial charge in [0, 0.05) is 18.5 Å². The summed E-state index contributed by atoms with van der Waals surface area (Å²) >= 11 is 5.88. The number of hydrogen-bond acceptors (Lipinski definition) is 3. The topological polar surface area (TPSA) is 49.0 Å². The van der Waals surface area contributed by atoms with Gasteiger partial charge in [-0.05, 0) is 6.42 Å². The zero-order valence-corrected chi connectivity index (χ0v) is 10.5. The van der Waals surface area contributed by atoms with Gasteiger partial charge in [0.2, 0.25) is 0 Å². The standard InChI is InChI=1S/C11H12ClF2N3O/c1-10-2-3-17(5-7(10)11(10,13)14)6-4-15-16-9(18)8(6)12/h4,7H,2-3,5H2,1H3,(H,16,18). The van der Waals surface area contributed by atoms with Crippen molar-refractivity contribution in [3.05, 3.63) is 21.6 Å². The number of nitrogens with zero attached hydrogens (tertiary/aromatic N) is 2. The molecule has 0 spiro atoms. The van der Waals surface area contributed by atoms with Crippen LogP contribution in [0.3, 0.4) is 0 Å². The number of piperidine rings is 1. The van der Waals surface area contributed by atoms with Gasteiger partial charge in [-0.2, -0.15) is 5.10 Å². The smallest absolute Gasteiger partial charge is 0.285 e. The molecule has 4 nitrogen and oxygen atoms in total. The average molecular weight is 276 g/mol. The molecule has 2 atom stereocenters. The highest BCUT2D eigenvalue weighted by molar-refractivity contribution is 6.33. The molecular weight excluding hydrogens is 264 g/mol. The van der Waals surface area contributed by atoms with Gasteiger partial charge in [0.15, 0.2) is 0 Å². The lowest BCUT2D eigenvalue weighted by Gasteiger charge is -2.30. The number of halogens is 3. The highest BCUT2D eigenvalue weighted by Crippen LogP contribution is 2.69. The summed E-state index contributed by atoms with van der Waals surface area (Å²) in [6.45, 7) is 2.30. The van der Waals surface area contributed by atoms with Crippen LogP contribution in [0.4, 0.5) is 14.5 Å². The quantitative estimate of drug-likeness (QED) is 0.852. The Hall–Kier alpha value is -1.17. The molecule has 1 saturated heterocycles. The molecule has 0 aromatic carbocycles. The number of alkyl halides is 2. The molecule has 1 aliphatic carbocycles. The minimum Gasteiger partial charge on any atom is -0.368 e. The average Bonchev–Trinajstić information content (AvgIpc) is 2.77. The third kappa shape index (κ3) is 1.35. The van der Waals surface area contributed by atoms with Gasteiger partial charge in [0.25, 0.3) is 11.5 Å². The van der Waals surface area contributed by atoms with E-state index in [9.17, 15) is 13.6 Å². The summed E-state index contributed by atoms with van der Waals surface area (Å²) in [5.41, 5.74) is -0.944. The van der Waals surface area contributed by atoms with Gasteiger partial charge in [0.1, 0.15) is 5.02 Å². The Balaban J connectivity index is 1.89. The molecule has 1 saturated carbocycles. The van der Waals surface area contributed by atoms with Crippen LogP contribution in [0, 0.1) is 11.3 Å². The van der Waals surface area contributed by atoms with E-state index in [0.717, 1.165) is 0 Å². The van der Waals surface area contributed by atoms with Crippen molar-refractivity contribution in [2.45, 2.75) is 19.3 Å². The molecule has 1 aliphatic heterocycles. The van der Waals surface area contributed by atoms with Crippen molar-refractivity contribution < 1.29 is 8.78 Å². The SMILES string of the molecule is CC12CCN(c3cn[nH]c(=O)c3Cl)CC1C2(F)F. The van der Waals surface area contributed by atoms with Crippen molar-refractivity contribution in [2.75, 3.05) is 18.0 Å². The highest BCUT2D eigenvalue weighted by Gasteiger charge is 2.78. The van der Waals surface area contributed by atoms with Crippen LogP contribution in [0.5, 0.6) is 0 Å². The Bertz CT molecular complexity index is 561. The van der Waals surface area contributed by atoms with Crippen molar-refractivity contribution in [3.8, 4) is 0 Å². The number of aromatic amines is 1. The predicted octanol–water partition coefficient (Wildman–Crippen LogP) is 1.90. The minimum atomic E-state index is -2.61. The summed E-state index contributed by atoms with van der Waals surface area (Å²) in [4.78, 5) is 13.1. The fourth-order valence-corrected chi connectivity index (χ4v) is 3.03. The van der Waals surface area contributed by atoms with E-state index in [2.05, 4.69) is 10.2 Å². The molecule has 2 unspecified atom stereocenters. The molecule has 0 amide bonds. The Labute approximate surface area is 107 Å². The van der Waals surface area contributed by atoms with Gasteiger partial charge in [0.05, 0.1) is 17.8 Å². The molecule has 3 rings (SSSR count). The largest absolute Gasteiger partial charge is 0.368 e. The number of rotatable bonds is 1. The molecule has 0 bridgehead atoms. The second-order valence-corrected chi connectivity index (χ2v) is 5.57. The molecule has 2 fully saturated rings. The number of aromatic nitrogens is 2. The van der Waals surface area contributed by atoms with E-state index in [1.165, 1.54) is 6.20 Å². The number of anilines is 1. The van der Waals surface area contributed by atoms with Crippen LogP contribution >= 0.6 is 11.6 Å². The Kier molecular flexibility index (Phi) is 2.27. The molecule has 1 aromatic heterocycles. The van der Waals surface area contributed by atoms with Crippen molar-refractivity contribution in [3.63, 3.8) is 0 Å². The van der Waals surface area contributed by atoms with Crippen LogP contribution < -0.4 is 10.5 Å². The maximum Gasteiger partial charge on any atom is 0.285 e. The molecule has 7 heteroatoms. The van der Waals surface area contributed by atoms with E-state index in [0.29, 0.717) is 18.7 Å². The molecule has 18 heavy (non-hydrogen) atoms. The van der Waals surface area contributed by atoms with Gasteiger partial charge >= 0.3 is 0 Å². The van der Waals surface area contributed by atoms with E-state index in [4.69, 9.17) is 11.6 Å². The first kappa shape index (κ1) is 11.9. The molecule has 2 aliphatic rings. The fraction of sp³-hybridized carbons (Fsp3) is 0.636. The molecule has 1 aromatic rings. The summed E-state index contributed by atoms with van der Waals surface area (Å²) in [6, 6.07) is 0. The van der Waals surface area contributed by atoms with Gasteiger partial charge in [-0.3, -0.25) is 4.79 Å². The zero-order valence-electron chi connectivity index (χ0n) is 9.71. The van der Waals surface area contributed by atoms with Crippen LogP contribution in [-0.4, -0.2) is 29.2 Å². The first-order chi connectivity index (χ1) is 8.38. The van der Waals surface area contributed by atoms with E-state index in [1.54, 1.807) is 11.8 Å². The van der Waals surface area contributed by atoms with E-state index in [-0.39, 0.29) is 11.6 Å². The van der Waals surface area contributed by atoms with E-state index in [1.807, 2.05) is 0 Å². The summed E-state index contributed by atoms with van der Waals surface area (Å²) in [6.07, 6.45) is 1.81. The Morgan fingerprint density at radius 1 is 1.61 bits per heavy atom. The van der Waals surface area contributed by atoms with Crippen LogP contribution in [0.2, 0.25) is 5.02 Å². The normalized spacial score (nSPS) is 33.1. The van der Waals surface area contributed by atoms with Crippen molar-refractivity contribution in [2.24, 2.45) is 11.3 Å². The lowest BCUT2D eigenvalue weighted by Crippen LogP contribution is -2.35. The number of fused-ring (bicyclic) bond motifs is 1. The van der Waals surface area contributed by atoms with Gasteiger partial charge < -0.3 is 4.90 Å². The maximum atomic E-state index is 13.6. The van der Waals surface area contributed by atoms with E-state index < -0.39 is 22.8 Å². The second-order valence-electron chi connectivity index (χ2n) is 5.19. The van der Waals surface area contributed by atoms with Crippen LogP contribution in [0.25, 0.3) is 0 Å². The molecule has 0 radical (unpaired) electrons. The lowest BCUT2D eigenvalue weighted by atomic mass is 9.97. The van der Waals surface area contributed by atoms with Crippen LogP contribution in [0.15, 0.2) is 11.0 Å². The number of hydrogen-bond donors (Lipinski definition) is 1. The van der Waals surface area contributed by atoms with Crippen molar-refractivity contribution >= 4 is 17.3 Å². The monoisotopic (exact) mass is 275 g/mol. The van der Waals surface area contributed by atoms with Crippen molar-refractivity contribution in [1.82, 2.24) is 10.2 Å². The zero-order chi connectivity index (χ0) is 13.1. The Morgan fingerprint density at radius 3 is 3.00 bits per heavy atom. The molecular formula is C11H12ClF2N3O. The third-order valence-corrected chi connectivity index (χ3v) is 4.67. The van der Waals surface area contributed by atoms with E-state index >= 15 is 0 Å². The molecule has 98 valence electrons. The minimum absolute atomic E-state index is 0.0116. The predicted molar refractivity (Wildman–Crippen MR) is 63.2 cm³/mol. The maximum absolute atomic E-state index is 13.6. The second kappa shape index (κ2) is 3.44. The summed E-state index contributed by atoms with van der Waals surface area (Å²) < 4.78 is 27.2. The highest BCUT2D eigenvalue weighted by atomic mass is 35.5. The van der Waals surface area contributed by atoms with Crippen LogP contribution in [-0.2, 0) is 0 Å².